The Kier molecular flexibility index (Phi) is 2.80. The number of fused-ring (bicyclic) bond motifs is 1. The van der Waals surface area contributed by atoms with Crippen molar-refractivity contribution in [2.24, 2.45) is 0 Å². The Labute approximate surface area is 114 Å². The monoisotopic (exact) mass is 272 g/mol. The number of hydrogen-bond acceptors (Lipinski definition) is 3. The van der Waals surface area contributed by atoms with E-state index in [9.17, 15) is 9.59 Å². The minimum Gasteiger partial charge on any atom is -0.270 e. The Balaban J connectivity index is 1.95. The molecule has 1 aromatic heterocycles. The van der Waals surface area contributed by atoms with Gasteiger partial charge in [0.15, 0.2) is 0 Å². The number of rotatable bonds is 2. The molecule has 0 N–H and O–H groups in total. The van der Waals surface area contributed by atoms with E-state index < -0.39 is 0 Å². The van der Waals surface area contributed by atoms with Crippen molar-refractivity contribution < 1.29 is 9.59 Å². The maximum absolute atomic E-state index is 12.2. The molecule has 3 rings (SSSR count). The molecule has 2 heterocycles. The van der Waals surface area contributed by atoms with Crippen LogP contribution in [0.2, 0.25) is 5.15 Å². The predicted octanol–water partition coefficient (Wildman–Crippen LogP) is 2.53. The first-order valence-corrected chi connectivity index (χ1v) is 6.11. The van der Waals surface area contributed by atoms with Crippen molar-refractivity contribution in [2.45, 2.75) is 6.54 Å². The van der Waals surface area contributed by atoms with Crippen LogP contribution in [-0.4, -0.2) is 21.7 Å². The Morgan fingerprint density at radius 3 is 2.21 bits per heavy atom. The second-order valence-corrected chi connectivity index (χ2v) is 4.55. The van der Waals surface area contributed by atoms with E-state index in [1.54, 1.807) is 42.6 Å². The molecule has 0 atom stereocenters. The van der Waals surface area contributed by atoms with Crippen molar-refractivity contribution in [2.75, 3.05) is 0 Å². The lowest BCUT2D eigenvalue weighted by atomic mass is 10.1. The second kappa shape index (κ2) is 4.48. The summed E-state index contributed by atoms with van der Waals surface area (Å²) >= 11 is 5.95. The average molecular weight is 273 g/mol. The molecule has 1 aromatic carbocycles. The number of hydrogen-bond donors (Lipinski definition) is 0. The fraction of sp³-hybridized carbons (Fsp3) is 0.0714. The fourth-order valence-corrected chi connectivity index (χ4v) is 2.27. The van der Waals surface area contributed by atoms with E-state index in [1.807, 2.05) is 0 Å². The number of nitrogens with zero attached hydrogens (tertiary/aromatic N) is 2. The first-order valence-electron chi connectivity index (χ1n) is 5.73. The van der Waals surface area contributed by atoms with Crippen LogP contribution in [0.4, 0.5) is 0 Å². The van der Waals surface area contributed by atoms with Gasteiger partial charge >= 0.3 is 0 Å². The van der Waals surface area contributed by atoms with Crippen molar-refractivity contribution in [1.29, 1.82) is 0 Å². The van der Waals surface area contributed by atoms with E-state index in [0.717, 1.165) is 0 Å². The lowest BCUT2D eigenvalue weighted by Crippen LogP contribution is -2.29. The van der Waals surface area contributed by atoms with Crippen LogP contribution in [0.1, 0.15) is 26.3 Å². The summed E-state index contributed by atoms with van der Waals surface area (Å²) in [4.78, 5) is 29.5. The first-order chi connectivity index (χ1) is 9.18. The molecule has 1 aliphatic heterocycles. The molecule has 0 bridgehead atoms. The third-order valence-corrected chi connectivity index (χ3v) is 3.38. The normalized spacial score (nSPS) is 13.8. The Hall–Kier alpha value is -2.20. The number of benzene rings is 1. The van der Waals surface area contributed by atoms with Gasteiger partial charge in [0.05, 0.1) is 17.7 Å². The summed E-state index contributed by atoms with van der Waals surface area (Å²) in [7, 11) is 0. The molecule has 0 saturated carbocycles. The summed E-state index contributed by atoms with van der Waals surface area (Å²) in [5.74, 6) is -0.582. The zero-order valence-corrected chi connectivity index (χ0v) is 10.6. The quantitative estimate of drug-likeness (QED) is 0.623. The molecule has 0 aliphatic carbocycles. The average Bonchev–Trinajstić information content (AvgIpc) is 2.67. The smallest absolute Gasteiger partial charge is 0.261 e. The van der Waals surface area contributed by atoms with Gasteiger partial charge in [0.25, 0.3) is 11.8 Å². The molecule has 2 amide bonds. The third-order valence-electron chi connectivity index (χ3n) is 3.04. The van der Waals surface area contributed by atoms with Gasteiger partial charge in [-0.3, -0.25) is 14.5 Å². The summed E-state index contributed by atoms with van der Waals surface area (Å²) in [6.45, 7) is 0.138. The number of halogens is 1. The molecule has 0 radical (unpaired) electrons. The van der Waals surface area contributed by atoms with E-state index in [2.05, 4.69) is 4.98 Å². The highest BCUT2D eigenvalue weighted by Gasteiger charge is 2.35. The SMILES string of the molecule is O=C1c2ccccc2C(=O)N1Cc1cccnc1Cl. The van der Waals surface area contributed by atoms with Gasteiger partial charge in [-0.15, -0.1) is 0 Å². The standard InChI is InChI=1S/C14H9ClN2O2/c15-12-9(4-3-7-16-12)8-17-13(18)10-5-1-2-6-11(10)14(17)19/h1-7H,8H2. The maximum Gasteiger partial charge on any atom is 0.261 e. The van der Waals surface area contributed by atoms with Gasteiger partial charge in [0.1, 0.15) is 5.15 Å². The van der Waals surface area contributed by atoms with Crippen LogP contribution in [0.25, 0.3) is 0 Å². The highest BCUT2D eigenvalue weighted by molar-refractivity contribution is 6.30. The molecule has 0 unspecified atom stereocenters. The Morgan fingerprint density at radius 2 is 1.63 bits per heavy atom. The highest BCUT2D eigenvalue weighted by atomic mass is 35.5. The van der Waals surface area contributed by atoms with E-state index in [-0.39, 0.29) is 18.4 Å². The third kappa shape index (κ3) is 1.90. The van der Waals surface area contributed by atoms with Crippen LogP contribution in [0.5, 0.6) is 0 Å². The van der Waals surface area contributed by atoms with E-state index >= 15 is 0 Å². The Bertz CT molecular complexity index is 650. The van der Waals surface area contributed by atoms with Gasteiger partial charge in [-0.05, 0) is 18.2 Å². The molecule has 1 aliphatic rings. The van der Waals surface area contributed by atoms with E-state index in [1.165, 1.54) is 4.90 Å². The largest absolute Gasteiger partial charge is 0.270 e. The summed E-state index contributed by atoms with van der Waals surface area (Å²) in [6, 6.07) is 10.3. The minimum atomic E-state index is -0.291. The van der Waals surface area contributed by atoms with Crippen molar-refractivity contribution in [1.82, 2.24) is 9.88 Å². The fourth-order valence-electron chi connectivity index (χ4n) is 2.09. The molecule has 4 nitrogen and oxygen atoms in total. The van der Waals surface area contributed by atoms with E-state index in [4.69, 9.17) is 11.6 Å². The maximum atomic E-state index is 12.2. The van der Waals surface area contributed by atoms with Gasteiger partial charge in [0, 0.05) is 11.8 Å². The summed E-state index contributed by atoms with van der Waals surface area (Å²) < 4.78 is 0. The number of carbonyl (C=O) groups excluding carboxylic acids is 2. The molecule has 94 valence electrons. The lowest BCUT2D eigenvalue weighted by molar-refractivity contribution is 0.0642. The highest BCUT2D eigenvalue weighted by Crippen LogP contribution is 2.25. The minimum absolute atomic E-state index is 0.138. The Morgan fingerprint density at radius 1 is 1.00 bits per heavy atom. The molecular weight excluding hydrogens is 264 g/mol. The van der Waals surface area contributed by atoms with Crippen molar-refractivity contribution >= 4 is 23.4 Å². The van der Waals surface area contributed by atoms with Crippen molar-refractivity contribution in [3.8, 4) is 0 Å². The summed E-state index contributed by atoms with van der Waals surface area (Å²) in [6.07, 6.45) is 1.56. The molecule has 0 spiro atoms. The lowest BCUT2D eigenvalue weighted by Gasteiger charge is -2.14. The van der Waals surface area contributed by atoms with Crippen LogP contribution in [0.15, 0.2) is 42.6 Å². The predicted molar refractivity (Wildman–Crippen MR) is 69.9 cm³/mol. The van der Waals surface area contributed by atoms with Crippen LogP contribution in [0.3, 0.4) is 0 Å². The molecule has 0 fully saturated rings. The number of amides is 2. The number of carbonyl (C=O) groups is 2. The van der Waals surface area contributed by atoms with Gasteiger partial charge < -0.3 is 0 Å². The van der Waals surface area contributed by atoms with Gasteiger partial charge in [-0.25, -0.2) is 4.98 Å². The van der Waals surface area contributed by atoms with Crippen LogP contribution in [-0.2, 0) is 6.54 Å². The number of pyridine rings is 1. The molecule has 2 aromatic rings. The topological polar surface area (TPSA) is 50.3 Å². The van der Waals surface area contributed by atoms with Crippen molar-refractivity contribution in [3.05, 3.63) is 64.4 Å². The number of aromatic nitrogens is 1. The molecular formula is C14H9ClN2O2. The first kappa shape index (κ1) is 11.9. The van der Waals surface area contributed by atoms with Crippen molar-refractivity contribution in [3.63, 3.8) is 0 Å². The zero-order valence-electron chi connectivity index (χ0n) is 9.84. The summed E-state index contributed by atoms with van der Waals surface area (Å²) in [5.41, 5.74) is 1.53. The van der Waals surface area contributed by atoms with Gasteiger partial charge in [-0.1, -0.05) is 29.8 Å². The van der Waals surface area contributed by atoms with Gasteiger partial charge in [0.2, 0.25) is 0 Å². The molecule has 0 saturated heterocycles. The van der Waals surface area contributed by atoms with Crippen LogP contribution >= 0.6 is 11.6 Å². The van der Waals surface area contributed by atoms with E-state index in [0.29, 0.717) is 21.8 Å². The van der Waals surface area contributed by atoms with Gasteiger partial charge in [-0.2, -0.15) is 0 Å². The molecule has 5 heteroatoms. The van der Waals surface area contributed by atoms with Crippen LogP contribution in [0, 0.1) is 0 Å². The second-order valence-electron chi connectivity index (χ2n) is 4.20. The number of imide groups is 1. The van der Waals surface area contributed by atoms with Crippen LogP contribution < -0.4 is 0 Å². The summed E-state index contributed by atoms with van der Waals surface area (Å²) in [5, 5.41) is 0.305. The molecule has 19 heavy (non-hydrogen) atoms. The zero-order chi connectivity index (χ0) is 13.4.